The minimum atomic E-state index is -4.66. The zero-order valence-electron chi connectivity index (χ0n) is 12.8. The van der Waals surface area contributed by atoms with E-state index in [1.165, 1.54) is 0 Å². The van der Waals surface area contributed by atoms with Gasteiger partial charge in [-0.15, -0.1) is 0 Å². The lowest BCUT2D eigenvalue weighted by Crippen LogP contribution is -2.31. The van der Waals surface area contributed by atoms with Gasteiger partial charge in [-0.25, -0.2) is 0 Å². The van der Waals surface area contributed by atoms with Gasteiger partial charge in [0.15, 0.2) is 0 Å². The van der Waals surface area contributed by atoms with Gasteiger partial charge in [-0.2, -0.15) is 13.2 Å². The molecule has 1 aromatic carbocycles. The number of pyridine rings is 1. The number of aliphatic hydroxyl groups excluding tert-OH is 1. The fourth-order valence-corrected chi connectivity index (χ4v) is 2.34. The van der Waals surface area contributed by atoms with Crippen LogP contribution in [0.2, 0.25) is 0 Å². The number of hydrogen-bond donors (Lipinski definition) is 2. The number of amides is 1. The Morgan fingerprint density at radius 3 is 2.50 bits per heavy atom. The number of aliphatic hydroxyl groups is 1. The van der Waals surface area contributed by atoms with Crippen molar-refractivity contribution in [3.8, 4) is 0 Å². The molecule has 0 spiro atoms. The second kappa shape index (κ2) is 7.92. The highest BCUT2D eigenvalue weighted by Crippen LogP contribution is 2.31. The summed E-state index contributed by atoms with van der Waals surface area (Å²) in [7, 11) is 0. The van der Waals surface area contributed by atoms with E-state index in [4.69, 9.17) is 5.11 Å². The SMILES string of the molecule is O=C(NC(CCCO)c1ccccc1)c1ncccc1C(F)(F)F. The van der Waals surface area contributed by atoms with Crippen LogP contribution in [0.5, 0.6) is 0 Å². The minimum absolute atomic E-state index is 0.0728. The van der Waals surface area contributed by atoms with Crippen LogP contribution in [0.3, 0.4) is 0 Å². The van der Waals surface area contributed by atoms with Gasteiger partial charge in [0.25, 0.3) is 5.91 Å². The maximum Gasteiger partial charge on any atom is 0.418 e. The summed E-state index contributed by atoms with van der Waals surface area (Å²) in [5, 5.41) is 11.6. The van der Waals surface area contributed by atoms with Crippen molar-refractivity contribution in [1.29, 1.82) is 0 Å². The third kappa shape index (κ3) is 4.55. The molecule has 0 saturated carbocycles. The molecule has 2 aromatic rings. The Labute approximate surface area is 137 Å². The van der Waals surface area contributed by atoms with E-state index in [-0.39, 0.29) is 6.61 Å². The van der Waals surface area contributed by atoms with E-state index < -0.39 is 29.4 Å². The number of carbonyl (C=O) groups excluding carboxylic acids is 1. The lowest BCUT2D eigenvalue weighted by Gasteiger charge is -2.20. The van der Waals surface area contributed by atoms with Crippen molar-refractivity contribution in [1.82, 2.24) is 10.3 Å². The van der Waals surface area contributed by atoms with Gasteiger partial charge in [0.2, 0.25) is 0 Å². The van der Waals surface area contributed by atoms with Crippen LogP contribution in [0.4, 0.5) is 13.2 Å². The van der Waals surface area contributed by atoms with E-state index in [2.05, 4.69) is 10.3 Å². The molecule has 1 heterocycles. The molecule has 0 aliphatic carbocycles. The van der Waals surface area contributed by atoms with Crippen LogP contribution in [-0.2, 0) is 6.18 Å². The molecule has 1 amide bonds. The maximum absolute atomic E-state index is 13.0. The van der Waals surface area contributed by atoms with Gasteiger partial charge >= 0.3 is 6.18 Å². The van der Waals surface area contributed by atoms with Gasteiger partial charge in [-0.3, -0.25) is 9.78 Å². The van der Waals surface area contributed by atoms with Gasteiger partial charge < -0.3 is 10.4 Å². The lowest BCUT2D eigenvalue weighted by atomic mass is 10.0. The predicted octanol–water partition coefficient (Wildman–Crippen LogP) is 3.34. The highest BCUT2D eigenvalue weighted by molar-refractivity contribution is 5.94. The number of nitrogens with one attached hydrogen (secondary N) is 1. The summed E-state index contributed by atoms with van der Waals surface area (Å²) in [6.07, 6.45) is -2.70. The van der Waals surface area contributed by atoms with Crippen molar-refractivity contribution in [3.05, 3.63) is 65.5 Å². The van der Waals surface area contributed by atoms with Crippen LogP contribution >= 0.6 is 0 Å². The Kier molecular flexibility index (Phi) is 5.92. The Morgan fingerprint density at radius 2 is 1.88 bits per heavy atom. The fraction of sp³-hybridized carbons (Fsp3) is 0.294. The first-order chi connectivity index (χ1) is 11.4. The van der Waals surface area contributed by atoms with Gasteiger partial charge in [0.1, 0.15) is 5.69 Å². The molecule has 1 atom stereocenters. The number of aromatic nitrogens is 1. The Hall–Kier alpha value is -2.41. The molecular weight excluding hydrogens is 321 g/mol. The number of carbonyl (C=O) groups is 1. The molecule has 0 fully saturated rings. The Bertz CT molecular complexity index is 675. The van der Waals surface area contributed by atoms with Crippen molar-refractivity contribution >= 4 is 5.91 Å². The van der Waals surface area contributed by atoms with E-state index >= 15 is 0 Å². The summed E-state index contributed by atoms with van der Waals surface area (Å²) in [5.41, 5.74) is -0.977. The molecule has 0 aliphatic heterocycles. The van der Waals surface area contributed by atoms with E-state index in [9.17, 15) is 18.0 Å². The molecule has 2 N–H and O–H groups in total. The Balaban J connectivity index is 2.25. The third-order valence-corrected chi connectivity index (χ3v) is 3.49. The Morgan fingerprint density at radius 1 is 1.17 bits per heavy atom. The molecule has 7 heteroatoms. The summed E-state index contributed by atoms with van der Waals surface area (Å²) in [6, 6.07) is 10.3. The van der Waals surface area contributed by atoms with Crippen LogP contribution in [0, 0.1) is 0 Å². The summed E-state index contributed by atoms with van der Waals surface area (Å²) in [4.78, 5) is 15.9. The summed E-state index contributed by atoms with van der Waals surface area (Å²) in [5.74, 6) is -0.894. The molecule has 2 rings (SSSR count). The highest BCUT2D eigenvalue weighted by atomic mass is 19.4. The molecular formula is C17H17F3N2O2. The molecule has 0 saturated heterocycles. The second-order valence-corrected chi connectivity index (χ2v) is 5.20. The molecule has 128 valence electrons. The summed E-state index contributed by atoms with van der Waals surface area (Å²) in [6.45, 7) is -0.0728. The fourth-order valence-electron chi connectivity index (χ4n) is 2.34. The zero-order chi connectivity index (χ0) is 17.6. The molecule has 1 aromatic heterocycles. The van der Waals surface area contributed by atoms with Gasteiger partial charge in [0, 0.05) is 12.8 Å². The van der Waals surface area contributed by atoms with Crippen LogP contribution < -0.4 is 5.32 Å². The normalized spacial score (nSPS) is 12.7. The van der Waals surface area contributed by atoms with E-state index in [0.717, 1.165) is 23.9 Å². The molecule has 24 heavy (non-hydrogen) atoms. The smallest absolute Gasteiger partial charge is 0.396 e. The quantitative estimate of drug-likeness (QED) is 0.849. The number of hydrogen-bond acceptors (Lipinski definition) is 3. The number of rotatable bonds is 6. The number of alkyl halides is 3. The van der Waals surface area contributed by atoms with Crippen LogP contribution in [0.1, 0.15) is 40.5 Å². The molecule has 0 bridgehead atoms. The van der Waals surface area contributed by atoms with Gasteiger partial charge in [-0.1, -0.05) is 30.3 Å². The first kappa shape index (κ1) is 17.9. The van der Waals surface area contributed by atoms with Crippen molar-refractivity contribution in [2.24, 2.45) is 0 Å². The molecule has 1 unspecified atom stereocenters. The third-order valence-electron chi connectivity index (χ3n) is 3.49. The second-order valence-electron chi connectivity index (χ2n) is 5.20. The van der Waals surface area contributed by atoms with E-state index in [0.29, 0.717) is 12.8 Å². The molecule has 0 aliphatic rings. The summed E-state index contributed by atoms with van der Waals surface area (Å²) >= 11 is 0. The predicted molar refractivity (Wildman–Crippen MR) is 82.2 cm³/mol. The van der Waals surface area contributed by atoms with Crippen molar-refractivity contribution in [2.45, 2.75) is 25.1 Å². The first-order valence-corrected chi connectivity index (χ1v) is 7.42. The highest BCUT2D eigenvalue weighted by Gasteiger charge is 2.36. The average Bonchev–Trinajstić information content (AvgIpc) is 2.58. The molecule has 4 nitrogen and oxygen atoms in total. The number of nitrogens with zero attached hydrogens (tertiary/aromatic N) is 1. The van der Waals surface area contributed by atoms with Crippen LogP contribution in [0.25, 0.3) is 0 Å². The van der Waals surface area contributed by atoms with Crippen LogP contribution in [0.15, 0.2) is 48.7 Å². The first-order valence-electron chi connectivity index (χ1n) is 7.42. The van der Waals surface area contributed by atoms with E-state index in [1.807, 2.05) is 0 Å². The largest absolute Gasteiger partial charge is 0.418 e. The maximum atomic E-state index is 13.0. The van der Waals surface area contributed by atoms with Crippen molar-refractivity contribution in [3.63, 3.8) is 0 Å². The van der Waals surface area contributed by atoms with Crippen molar-refractivity contribution < 1.29 is 23.1 Å². The standard InChI is InChI=1S/C17H17F3N2O2/c18-17(19,20)13-8-4-10-21-15(13)16(24)22-14(9-5-11-23)12-6-2-1-3-7-12/h1-4,6-8,10,14,23H,5,9,11H2,(H,22,24). The van der Waals surface area contributed by atoms with Gasteiger partial charge in [0.05, 0.1) is 11.6 Å². The van der Waals surface area contributed by atoms with Crippen LogP contribution in [-0.4, -0.2) is 22.6 Å². The topological polar surface area (TPSA) is 62.2 Å². The molecule has 0 radical (unpaired) electrons. The van der Waals surface area contributed by atoms with Gasteiger partial charge in [-0.05, 0) is 30.5 Å². The monoisotopic (exact) mass is 338 g/mol. The number of halogens is 3. The zero-order valence-corrected chi connectivity index (χ0v) is 12.8. The minimum Gasteiger partial charge on any atom is -0.396 e. The lowest BCUT2D eigenvalue weighted by molar-refractivity contribution is -0.138. The van der Waals surface area contributed by atoms with Crippen molar-refractivity contribution in [2.75, 3.05) is 6.61 Å². The van der Waals surface area contributed by atoms with E-state index in [1.54, 1.807) is 30.3 Å². The number of benzene rings is 1. The average molecular weight is 338 g/mol. The summed E-state index contributed by atoms with van der Waals surface area (Å²) < 4.78 is 39.1.